The van der Waals surface area contributed by atoms with Crippen LogP contribution in [-0.4, -0.2) is 34.5 Å². The van der Waals surface area contributed by atoms with Crippen LogP contribution in [0.3, 0.4) is 0 Å². The van der Waals surface area contributed by atoms with E-state index in [9.17, 15) is 14.4 Å². The number of alkyl carbamates (subject to hydrolysis) is 1. The van der Waals surface area contributed by atoms with Crippen LogP contribution < -0.4 is 10.6 Å². The number of nitrogens with zero attached hydrogens (tertiary/aromatic N) is 2. The number of fused-ring (bicyclic) bond motifs is 1. The van der Waals surface area contributed by atoms with Gasteiger partial charge < -0.3 is 10.1 Å². The number of pyridine rings is 1. The number of imide groups is 1. The Balaban J connectivity index is 1.75. The molecule has 0 aliphatic rings. The Morgan fingerprint density at radius 1 is 1.24 bits per heavy atom. The molecule has 0 spiro atoms. The molecular weight excluding hydrogens is 364 g/mol. The molecule has 0 saturated heterocycles. The van der Waals surface area contributed by atoms with Crippen molar-refractivity contribution in [2.24, 2.45) is 0 Å². The van der Waals surface area contributed by atoms with Crippen LogP contribution in [0.4, 0.5) is 9.80 Å². The van der Waals surface area contributed by atoms with E-state index in [4.69, 9.17) is 0 Å². The van der Waals surface area contributed by atoms with Gasteiger partial charge in [-0.3, -0.25) is 14.9 Å². The first-order valence-electron chi connectivity index (χ1n) is 7.17. The lowest BCUT2D eigenvalue weighted by Crippen LogP contribution is -2.31. The fourth-order valence-electron chi connectivity index (χ4n) is 1.93. The number of rotatable bonds is 4. The molecule has 3 aromatic rings. The van der Waals surface area contributed by atoms with Gasteiger partial charge in [-0.1, -0.05) is 0 Å². The fraction of sp³-hybridized carbons (Fsp3) is 0.133. The molecule has 10 heteroatoms. The van der Waals surface area contributed by atoms with Crippen molar-refractivity contribution in [1.29, 1.82) is 0 Å². The Morgan fingerprint density at radius 2 is 2.08 bits per heavy atom. The molecule has 0 aliphatic heterocycles. The molecule has 0 atom stereocenters. The first-order valence-corrected chi connectivity index (χ1v) is 8.86. The zero-order valence-corrected chi connectivity index (χ0v) is 14.6. The number of thiophene rings is 1. The second-order valence-corrected chi connectivity index (χ2v) is 6.58. The molecule has 0 unspecified atom stereocenters. The summed E-state index contributed by atoms with van der Waals surface area (Å²) in [6.07, 6.45) is 0.758. The Morgan fingerprint density at radius 3 is 2.84 bits per heavy atom. The van der Waals surface area contributed by atoms with Gasteiger partial charge in [0, 0.05) is 6.20 Å². The number of carbonyl (C=O) groups is 3. The molecule has 3 amide bonds. The third-order valence-corrected chi connectivity index (χ3v) is 4.83. The highest BCUT2D eigenvalue weighted by Crippen LogP contribution is 2.26. The third kappa shape index (κ3) is 3.80. The summed E-state index contributed by atoms with van der Waals surface area (Å²) in [5, 5.41) is 6.92. The van der Waals surface area contributed by atoms with Gasteiger partial charge in [0.05, 0.1) is 16.9 Å². The molecule has 8 nitrogen and oxygen atoms in total. The van der Waals surface area contributed by atoms with E-state index in [2.05, 4.69) is 25.3 Å². The van der Waals surface area contributed by atoms with Crippen molar-refractivity contribution in [1.82, 2.24) is 15.3 Å². The predicted molar refractivity (Wildman–Crippen MR) is 94.2 cm³/mol. The van der Waals surface area contributed by atoms with Crippen LogP contribution >= 0.6 is 22.7 Å². The first kappa shape index (κ1) is 17.0. The van der Waals surface area contributed by atoms with Crippen LogP contribution in [0.5, 0.6) is 0 Å². The summed E-state index contributed by atoms with van der Waals surface area (Å²) in [6, 6.07) is 5.09. The summed E-state index contributed by atoms with van der Waals surface area (Å²) in [5.74, 6) is -1.10. The van der Waals surface area contributed by atoms with Gasteiger partial charge in [-0.25, -0.2) is 14.8 Å². The maximum Gasteiger partial charge on any atom is 0.414 e. The van der Waals surface area contributed by atoms with Crippen molar-refractivity contribution in [2.75, 3.05) is 11.9 Å². The highest BCUT2D eigenvalue weighted by atomic mass is 32.1. The van der Waals surface area contributed by atoms with Gasteiger partial charge in [0.2, 0.25) is 0 Å². The van der Waals surface area contributed by atoms with Crippen LogP contribution in [0.1, 0.15) is 27.1 Å². The molecule has 0 fully saturated rings. The number of anilines is 1. The van der Waals surface area contributed by atoms with Crippen LogP contribution in [0, 0.1) is 0 Å². The second kappa shape index (κ2) is 7.36. The van der Waals surface area contributed by atoms with Gasteiger partial charge in [-0.2, -0.15) is 0 Å². The van der Waals surface area contributed by atoms with E-state index in [1.165, 1.54) is 17.4 Å². The normalized spacial score (nSPS) is 10.4. The molecule has 128 valence electrons. The number of thiazole rings is 1. The maximum atomic E-state index is 12.4. The Bertz CT molecular complexity index is 917. The predicted octanol–water partition coefficient (Wildman–Crippen LogP) is 2.89. The molecular formula is C15H12N4O4S2. The quantitative estimate of drug-likeness (QED) is 0.724. The van der Waals surface area contributed by atoms with Crippen molar-refractivity contribution in [3.8, 4) is 0 Å². The average Bonchev–Trinajstić information content (AvgIpc) is 3.21. The second-order valence-electron chi connectivity index (χ2n) is 4.64. The van der Waals surface area contributed by atoms with Gasteiger partial charge in [0.1, 0.15) is 5.00 Å². The summed E-state index contributed by atoms with van der Waals surface area (Å²) in [6.45, 7) is 1.78. The SMILES string of the molecule is CCOC(=O)NC(=O)c1ccsc1NC(=O)c1nc2ncccc2s1. The Kier molecular flexibility index (Phi) is 5.00. The molecule has 3 rings (SSSR count). The molecule has 3 heterocycles. The molecule has 0 bridgehead atoms. The zero-order chi connectivity index (χ0) is 17.8. The van der Waals surface area contributed by atoms with Crippen molar-refractivity contribution in [3.05, 3.63) is 40.3 Å². The first-order chi connectivity index (χ1) is 12.1. The van der Waals surface area contributed by atoms with E-state index in [1.807, 2.05) is 6.07 Å². The monoisotopic (exact) mass is 376 g/mol. The summed E-state index contributed by atoms with van der Waals surface area (Å²) in [5.41, 5.74) is 0.662. The highest BCUT2D eigenvalue weighted by Gasteiger charge is 2.20. The van der Waals surface area contributed by atoms with Gasteiger partial charge in [-0.15, -0.1) is 22.7 Å². The summed E-state index contributed by atoms with van der Waals surface area (Å²) < 4.78 is 5.46. The standard InChI is InChI=1S/C15H12N4O4S2/c1-2-23-15(22)19-11(20)8-5-7-24-13(8)18-12(21)14-17-10-9(25-14)4-3-6-16-10/h3-7H,2H2,1H3,(H,18,21)(H,19,20,22). The van der Waals surface area contributed by atoms with E-state index < -0.39 is 17.9 Å². The maximum absolute atomic E-state index is 12.4. The highest BCUT2D eigenvalue weighted by molar-refractivity contribution is 7.20. The Labute approximate surface area is 149 Å². The van der Waals surface area contributed by atoms with Crippen LogP contribution in [0.15, 0.2) is 29.8 Å². The summed E-state index contributed by atoms with van der Waals surface area (Å²) >= 11 is 2.37. The van der Waals surface area contributed by atoms with E-state index in [1.54, 1.807) is 24.6 Å². The molecule has 25 heavy (non-hydrogen) atoms. The van der Waals surface area contributed by atoms with Crippen LogP contribution in [-0.2, 0) is 4.74 Å². The number of aromatic nitrogens is 2. The molecule has 0 saturated carbocycles. The average molecular weight is 376 g/mol. The number of ether oxygens (including phenoxy) is 1. The van der Waals surface area contributed by atoms with E-state index in [-0.39, 0.29) is 17.2 Å². The van der Waals surface area contributed by atoms with E-state index in [0.717, 1.165) is 16.0 Å². The van der Waals surface area contributed by atoms with Gasteiger partial charge in [0.25, 0.3) is 11.8 Å². The summed E-state index contributed by atoms with van der Waals surface area (Å²) in [7, 11) is 0. The minimum atomic E-state index is -0.840. The number of amides is 3. The minimum absolute atomic E-state index is 0.151. The number of hydrogen-bond acceptors (Lipinski definition) is 8. The zero-order valence-electron chi connectivity index (χ0n) is 12.9. The van der Waals surface area contributed by atoms with Crippen molar-refractivity contribution in [3.63, 3.8) is 0 Å². The van der Waals surface area contributed by atoms with Crippen LogP contribution in [0.2, 0.25) is 0 Å². The third-order valence-electron chi connectivity index (χ3n) is 2.99. The van der Waals surface area contributed by atoms with Crippen molar-refractivity contribution >= 4 is 55.9 Å². The lowest BCUT2D eigenvalue weighted by atomic mass is 10.3. The van der Waals surface area contributed by atoms with Crippen molar-refractivity contribution in [2.45, 2.75) is 6.92 Å². The Hall–Kier alpha value is -2.85. The van der Waals surface area contributed by atoms with Crippen molar-refractivity contribution < 1.29 is 19.1 Å². The molecule has 0 aromatic carbocycles. The largest absolute Gasteiger partial charge is 0.450 e. The van der Waals surface area contributed by atoms with Crippen LogP contribution in [0.25, 0.3) is 10.3 Å². The topological polar surface area (TPSA) is 110 Å². The molecule has 2 N–H and O–H groups in total. The number of hydrogen-bond donors (Lipinski definition) is 2. The van der Waals surface area contributed by atoms with Gasteiger partial charge >= 0.3 is 6.09 Å². The van der Waals surface area contributed by atoms with Gasteiger partial charge in [0.15, 0.2) is 10.7 Å². The molecule has 3 aromatic heterocycles. The minimum Gasteiger partial charge on any atom is -0.450 e. The molecule has 0 radical (unpaired) electrons. The lowest BCUT2D eigenvalue weighted by molar-refractivity contribution is 0.0926. The lowest BCUT2D eigenvalue weighted by Gasteiger charge is -2.05. The molecule has 0 aliphatic carbocycles. The van der Waals surface area contributed by atoms with E-state index in [0.29, 0.717) is 10.6 Å². The fourth-order valence-corrected chi connectivity index (χ4v) is 3.53. The summed E-state index contributed by atoms with van der Waals surface area (Å²) in [4.78, 5) is 44.1. The number of nitrogens with one attached hydrogen (secondary N) is 2. The van der Waals surface area contributed by atoms with Gasteiger partial charge in [-0.05, 0) is 30.5 Å². The number of carbonyl (C=O) groups excluding carboxylic acids is 3. The smallest absolute Gasteiger partial charge is 0.414 e. The van der Waals surface area contributed by atoms with E-state index >= 15 is 0 Å².